The second-order valence-corrected chi connectivity index (χ2v) is 13.0. The van der Waals surface area contributed by atoms with Gasteiger partial charge >= 0.3 is 0 Å². The second kappa shape index (κ2) is 10.9. The first-order valence-electron chi connectivity index (χ1n) is 16.7. The van der Waals surface area contributed by atoms with Crippen molar-refractivity contribution < 1.29 is 19.2 Å². The van der Waals surface area contributed by atoms with Crippen molar-refractivity contribution >= 4 is 66.7 Å². The fraction of sp³-hybridized carbons (Fsp3) is 0.385. The third-order valence-corrected chi connectivity index (χ3v) is 10.2. The predicted molar refractivity (Wildman–Crippen MR) is 181 cm³/mol. The van der Waals surface area contributed by atoms with Crippen LogP contribution < -0.4 is 0 Å². The standard InChI is InChI=1S/C39H40N2O4/c1-6-10-22(11-7-2)40-36(42)27-17-14-24-25-15-19-29-35-31(39(45)41(38(29)44)23(12-8-3)13-9-4)21(5)20-30(33(25)35)26-16-18-28(37(40)43)34(27)32(24)26/h14-20,22-23H,6-13H2,1-5H3. The van der Waals surface area contributed by atoms with E-state index in [1.54, 1.807) is 0 Å². The molecule has 0 aliphatic carbocycles. The van der Waals surface area contributed by atoms with Crippen LogP contribution >= 0.6 is 0 Å². The number of carbonyl (C=O) groups is 4. The molecule has 0 spiro atoms. The highest BCUT2D eigenvalue weighted by Gasteiger charge is 2.40. The molecule has 0 saturated carbocycles. The summed E-state index contributed by atoms with van der Waals surface area (Å²) in [6, 6.07) is 13.4. The van der Waals surface area contributed by atoms with Crippen LogP contribution in [0.25, 0.3) is 43.1 Å². The predicted octanol–water partition coefficient (Wildman–Crippen LogP) is 9.18. The van der Waals surface area contributed by atoms with E-state index in [4.69, 9.17) is 0 Å². The number of amides is 4. The molecule has 7 rings (SSSR count). The molecular formula is C39H40N2O4. The van der Waals surface area contributed by atoms with Crippen molar-refractivity contribution in [1.29, 1.82) is 0 Å². The monoisotopic (exact) mass is 600 g/mol. The molecule has 0 aromatic heterocycles. The lowest BCUT2D eigenvalue weighted by Crippen LogP contribution is -2.47. The summed E-state index contributed by atoms with van der Waals surface area (Å²) in [5, 5.41) is 6.92. The van der Waals surface area contributed by atoms with Gasteiger partial charge in [-0.2, -0.15) is 0 Å². The van der Waals surface area contributed by atoms with Gasteiger partial charge in [-0.15, -0.1) is 0 Å². The van der Waals surface area contributed by atoms with Crippen LogP contribution in [0.3, 0.4) is 0 Å². The quantitative estimate of drug-likeness (QED) is 0.0910. The fourth-order valence-corrected chi connectivity index (χ4v) is 8.39. The summed E-state index contributed by atoms with van der Waals surface area (Å²) in [6.45, 7) is 10.3. The fourth-order valence-electron chi connectivity index (χ4n) is 8.39. The zero-order chi connectivity index (χ0) is 31.7. The minimum Gasteiger partial charge on any atom is -0.271 e. The molecule has 0 saturated heterocycles. The summed E-state index contributed by atoms with van der Waals surface area (Å²) >= 11 is 0. The lowest BCUT2D eigenvalue weighted by Gasteiger charge is -2.35. The number of hydrogen-bond donors (Lipinski definition) is 0. The molecule has 4 amide bonds. The van der Waals surface area contributed by atoms with Gasteiger partial charge in [-0.05, 0) is 94.8 Å². The van der Waals surface area contributed by atoms with E-state index in [9.17, 15) is 19.2 Å². The van der Waals surface area contributed by atoms with Crippen LogP contribution in [-0.4, -0.2) is 45.5 Å². The highest BCUT2D eigenvalue weighted by atomic mass is 16.2. The van der Waals surface area contributed by atoms with E-state index in [2.05, 4.69) is 33.8 Å². The Morgan fingerprint density at radius 1 is 0.489 bits per heavy atom. The van der Waals surface area contributed by atoms with E-state index in [1.807, 2.05) is 43.3 Å². The molecule has 0 fully saturated rings. The van der Waals surface area contributed by atoms with Gasteiger partial charge in [0.05, 0.1) is 5.56 Å². The molecule has 2 heterocycles. The number of benzene rings is 5. The molecule has 45 heavy (non-hydrogen) atoms. The zero-order valence-electron chi connectivity index (χ0n) is 26.9. The normalized spacial score (nSPS) is 15.1. The Morgan fingerprint density at radius 2 is 0.867 bits per heavy atom. The molecular weight excluding hydrogens is 560 g/mol. The van der Waals surface area contributed by atoms with Gasteiger partial charge in [-0.25, -0.2) is 0 Å². The van der Waals surface area contributed by atoms with Gasteiger partial charge in [-0.1, -0.05) is 71.6 Å². The topological polar surface area (TPSA) is 74.8 Å². The summed E-state index contributed by atoms with van der Waals surface area (Å²) in [5.74, 6) is -0.870. The average molecular weight is 601 g/mol. The summed E-state index contributed by atoms with van der Waals surface area (Å²) in [7, 11) is 0. The Balaban J connectivity index is 1.51. The second-order valence-electron chi connectivity index (χ2n) is 13.0. The number of imide groups is 2. The number of nitrogens with zero attached hydrogens (tertiary/aromatic N) is 2. The smallest absolute Gasteiger partial charge is 0.261 e. The molecule has 230 valence electrons. The third-order valence-electron chi connectivity index (χ3n) is 10.2. The third kappa shape index (κ3) is 4.00. The van der Waals surface area contributed by atoms with Crippen molar-refractivity contribution in [2.75, 3.05) is 0 Å². The van der Waals surface area contributed by atoms with E-state index in [0.29, 0.717) is 27.6 Å². The maximum Gasteiger partial charge on any atom is 0.261 e. The zero-order valence-corrected chi connectivity index (χ0v) is 26.9. The molecule has 5 aromatic rings. The molecule has 6 heteroatoms. The summed E-state index contributed by atoms with van der Waals surface area (Å²) in [5.41, 5.74) is 3.13. The van der Waals surface area contributed by atoms with Gasteiger partial charge in [0.15, 0.2) is 0 Å². The van der Waals surface area contributed by atoms with Gasteiger partial charge in [0.25, 0.3) is 23.6 Å². The maximum atomic E-state index is 14.2. The maximum absolute atomic E-state index is 14.2. The number of fused-ring (bicyclic) bond motifs is 2. The van der Waals surface area contributed by atoms with Gasteiger partial charge in [0, 0.05) is 39.5 Å². The van der Waals surface area contributed by atoms with E-state index in [1.165, 1.54) is 9.80 Å². The van der Waals surface area contributed by atoms with Gasteiger partial charge < -0.3 is 0 Å². The molecule has 0 radical (unpaired) electrons. The van der Waals surface area contributed by atoms with Crippen LogP contribution in [0.15, 0.2) is 42.5 Å². The van der Waals surface area contributed by atoms with Crippen LogP contribution in [0.2, 0.25) is 0 Å². The molecule has 0 atom stereocenters. The Kier molecular flexibility index (Phi) is 7.14. The highest BCUT2D eigenvalue weighted by molar-refractivity contribution is 6.41. The number of hydrogen-bond acceptors (Lipinski definition) is 4. The van der Waals surface area contributed by atoms with Crippen LogP contribution in [0.5, 0.6) is 0 Å². The van der Waals surface area contributed by atoms with Crippen LogP contribution in [0.1, 0.15) is 126 Å². The van der Waals surface area contributed by atoms with E-state index in [0.717, 1.165) is 94.6 Å². The Hall–Kier alpha value is -4.32. The average Bonchev–Trinajstić information content (AvgIpc) is 3.02. The molecule has 6 nitrogen and oxygen atoms in total. The number of aryl methyl sites for hydroxylation is 1. The van der Waals surface area contributed by atoms with E-state index in [-0.39, 0.29) is 35.7 Å². The van der Waals surface area contributed by atoms with Crippen LogP contribution in [-0.2, 0) is 0 Å². The Bertz CT molecular complexity index is 2040. The lowest BCUT2D eigenvalue weighted by atomic mass is 9.80. The minimum absolute atomic E-state index is 0.126. The summed E-state index contributed by atoms with van der Waals surface area (Å²) in [6.07, 6.45) is 6.71. The first kappa shape index (κ1) is 29.4. The van der Waals surface area contributed by atoms with Gasteiger partial charge in [0.2, 0.25) is 0 Å². The van der Waals surface area contributed by atoms with Gasteiger partial charge in [0.1, 0.15) is 0 Å². The first-order chi connectivity index (χ1) is 21.8. The van der Waals surface area contributed by atoms with Crippen LogP contribution in [0.4, 0.5) is 0 Å². The van der Waals surface area contributed by atoms with Crippen LogP contribution in [0, 0.1) is 6.92 Å². The first-order valence-corrected chi connectivity index (χ1v) is 16.7. The van der Waals surface area contributed by atoms with Crippen molar-refractivity contribution in [3.8, 4) is 0 Å². The SMILES string of the molecule is CCCC(CCC)N1C(=O)c2ccc3c4ccc5c6c(c(C)cc(c7ccc(c2c37)C1=O)c64)C(=O)N(C(CCC)CCC)C5=O. The highest BCUT2D eigenvalue weighted by Crippen LogP contribution is 2.47. The Morgan fingerprint density at radius 3 is 1.31 bits per heavy atom. The van der Waals surface area contributed by atoms with Crippen molar-refractivity contribution in [2.24, 2.45) is 0 Å². The largest absolute Gasteiger partial charge is 0.271 e. The molecule has 0 unspecified atom stereocenters. The van der Waals surface area contributed by atoms with E-state index < -0.39 is 0 Å². The summed E-state index contributed by atoms with van der Waals surface area (Å²) in [4.78, 5) is 59.4. The minimum atomic E-state index is -0.222. The van der Waals surface area contributed by atoms with Crippen molar-refractivity contribution in [3.05, 3.63) is 70.3 Å². The number of carbonyl (C=O) groups excluding carboxylic acids is 4. The lowest BCUT2D eigenvalue weighted by molar-refractivity contribution is 0.0504. The van der Waals surface area contributed by atoms with Crippen molar-refractivity contribution in [3.63, 3.8) is 0 Å². The molecule has 0 N–H and O–H groups in total. The summed E-state index contributed by atoms with van der Waals surface area (Å²) < 4.78 is 0. The van der Waals surface area contributed by atoms with Crippen molar-refractivity contribution in [2.45, 2.75) is 98.1 Å². The van der Waals surface area contributed by atoms with Crippen molar-refractivity contribution in [1.82, 2.24) is 9.80 Å². The molecule has 0 bridgehead atoms. The number of rotatable bonds is 10. The van der Waals surface area contributed by atoms with Gasteiger partial charge in [-0.3, -0.25) is 29.0 Å². The molecule has 5 aromatic carbocycles. The van der Waals surface area contributed by atoms with E-state index >= 15 is 0 Å². The molecule has 2 aliphatic rings. The Labute approximate surface area is 263 Å². The molecule has 2 aliphatic heterocycles.